The third kappa shape index (κ3) is 2.98. The second kappa shape index (κ2) is 6.39. The van der Waals surface area contributed by atoms with Gasteiger partial charge in [-0.2, -0.15) is 0 Å². The van der Waals surface area contributed by atoms with Crippen molar-refractivity contribution >= 4 is 23.4 Å². The number of aromatic carboxylic acids is 2. The van der Waals surface area contributed by atoms with Gasteiger partial charge in [-0.15, -0.1) is 0 Å². The van der Waals surface area contributed by atoms with Crippen LogP contribution in [-0.2, 0) is 0 Å². The van der Waals surface area contributed by atoms with Crippen LogP contribution in [0.15, 0.2) is 18.2 Å². The number of carboxylic acids is 2. The molecule has 0 amide bonds. The van der Waals surface area contributed by atoms with Gasteiger partial charge in [0.15, 0.2) is 5.78 Å². The zero-order valence-electron chi connectivity index (χ0n) is 14.4. The molecule has 0 heterocycles. The summed E-state index contributed by atoms with van der Waals surface area (Å²) < 4.78 is 0. The fourth-order valence-electron chi connectivity index (χ4n) is 2.88. The van der Waals surface area contributed by atoms with Gasteiger partial charge in [-0.05, 0) is 62.1 Å². The normalized spacial score (nSPS) is 10.6. The molecule has 0 aliphatic heterocycles. The Labute approximate surface area is 144 Å². The van der Waals surface area contributed by atoms with Crippen molar-refractivity contribution in [2.75, 3.05) is 5.73 Å². The van der Waals surface area contributed by atoms with E-state index in [0.717, 1.165) is 34.4 Å². The Hall–Kier alpha value is -3.15. The summed E-state index contributed by atoms with van der Waals surface area (Å²) in [4.78, 5) is 35.5. The summed E-state index contributed by atoms with van der Waals surface area (Å²) in [6, 6.07) is 3.58. The highest BCUT2D eigenvalue weighted by Crippen LogP contribution is 2.30. The van der Waals surface area contributed by atoms with Crippen molar-refractivity contribution in [3.05, 3.63) is 62.7 Å². The predicted octanol–water partition coefficient (Wildman–Crippen LogP) is 3.13. The van der Waals surface area contributed by atoms with Gasteiger partial charge in [0, 0.05) is 16.8 Å². The topological polar surface area (TPSA) is 118 Å². The standard InChI is InChI=1S/C19H19NO5/c1-8-10(3)16(20)11(4)9(2)15(8)17(21)12-5-6-13(18(22)23)14(7-12)19(24)25/h5-7H,20H2,1-4H3,(H,22,23)(H,24,25). The highest BCUT2D eigenvalue weighted by Gasteiger charge is 2.23. The minimum absolute atomic E-state index is 0.122. The quantitative estimate of drug-likeness (QED) is 0.581. The molecule has 0 spiro atoms. The van der Waals surface area contributed by atoms with Gasteiger partial charge in [-0.3, -0.25) is 4.79 Å². The Bertz CT molecular complexity index is 899. The average molecular weight is 341 g/mol. The van der Waals surface area contributed by atoms with Crippen molar-refractivity contribution in [2.45, 2.75) is 27.7 Å². The molecule has 0 saturated carbocycles. The van der Waals surface area contributed by atoms with Crippen molar-refractivity contribution < 1.29 is 24.6 Å². The molecule has 0 aliphatic carbocycles. The molecule has 4 N–H and O–H groups in total. The number of carbonyl (C=O) groups is 3. The summed E-state index contributed by atoms with van der Waals surface area (Å²) in [5, 5.41) is 18.3. The van der Waals surface area contributed by atoms with E-state index in [4.69, 9.17) is 10.8 Å². The van der Waals surface area contributed by atoms with Gasteiger partial charge in [0.25, 0.3) is 0 Å². The smallest absolute Gasteiger partial charge is 0.336 e. The Morgan fingerprint density at radius 2 is 1.28 bits per heavy atom. The number of hydrogen-bond donors (Lipinski definition) is 3. The first-order valence-corrected chi connectivity index (χ1v) is 7.59. The molecule has 0 radical (unpaired) electrons. The fourth-order valence-corrected chi connectivity index (χ4v) is 2.88. The van der Waals surface area contributed by atoms with E-state index in [9.17, 15) is 19.5 Å². The van der Waals surface area contributed by atoms with Crippen LogP contribution in [0.4, 0.5) is 5.69 Å². The van der Waals surface area contributed by atoms with Crippen LogP contribution in [0.25, 0.3) is 0 Å². The molecule has 0 aromatic heterocycles. The molecular formula is C19H19NO5. The first-order chi connectivity index (χ1) is 11.6. The molecule has 0 bridgehead atoms. The molecule has 0 saturated heterocycles. The second-order valence-electron chi connectivity index (χ2n) is 5.99. The maximum atomic E-state index is 13.0. The van der Waals surface area contributed by atoms with Crippen molar-refractivity contribution in [1.82, 2.24) is 0 Å². The third-order valence-electron chi connectivity index (χ3n) is 4.65. The first kappa shape index (κ1) is 18.2. The van der Waals surface area contributed by atoms with Crippen LogP contribution in [0.3, 0.4) is 0 Å². The average Bonchev–Trinajstić information content (AvgIpc) is 2.57. The molecule has 2 aromatic rings. The molecular weight excluding hydrogens is 322 g/mol. The highest BCUT2D eigenvalue weighted by molar-refractivity contribution is 6.13. The van der Waals surface area contributed by atoms with E-state index in [0.29, 0.717) is 11.3 Å². The van der Waals surface area contributed by atoms with Gasteiger partial charge in [-0.1, -0.05) is 6.07 Å². The van der Waals surface area contributed by atoms with Crippen LogP contribution in [0.2, 0.25) is 0 Å². The Kier molecular flexibility index (Phi) is 4.65. The van der Waals surface area contributed by atoms with E-state index in [-0.39, 0.29) is 16.9 Å². The number of nitrogen functional groups attached to an aromatic ring is 1. The number of benzene rings is 2. The third-order valence-corrected chi connectivity index (χ3v) is 4.65. The van der Waals surface area contributed by atoms with Crippen molar-refractivity contribution in [3.8, 4) is 0 Å². The lowest BCUT2D eigenvalue weighted by Gasteiger charge is -2.17. The Morgan fingerprint density at radius 1 is 0.800 bits per heavy atom. The summed E-state index contributed by atoms with van der Waals surface area (Å²) >= 11 is 0. The van der Waals surface area contributed by atoms with Crippen LogP contribution in [0.5, 0.6) is 0 Å². The minimum Gasteiger partial charge on any atom is -0.478 e. The number of carbonyl (C=O) groups excluding carboxylic acids is 1. The van der Waals surface area contributed by atoms with Gasteiger partial charge in [-0.25, -0.2) is 9.59 Å². The summed E-state index contributed by atoms with van der Waals surface area (Å²) in [5.41, 5.74) is 9.53. The van der Waals surface area contributed by atoms with Gasteiger partial charge in [0.05, 0.1) is 11.1 Å². The van der Waals surface area contributed by atoms with Crippen molar-refractivity contribution in [1.29, 1.82) is 0 Å². The molecule has 130 valence electrons. The molecule has 2 rings (SSSR count). The number of anilines is 1. The van der Waals surface area contributed by atoms with E-state index >= 15 is 0 Å². The van der Waals surface area contributed by atoms with Crippen molar-refractivity contribution in [3.63, 3.8) is 0 Å². The van der Waals surface area contributed by atoms with Crippen LogP contribution >= 0.6 is 0 Å². The van der Waals surface area contributed by atoms with Gasteiger partial charge < -0.3 is 15.9 Å². The number of rotatable bonds is 4. The number of ketones is 1. The summed E-state index contributed by atoms with van der Waals surface area (Å²) in [5.74, 6) is -3.12. The monoisotopic (exact) mass is 341 g/mol. The van der Waals surface area contributed by atoms with Gasteiger partial charge >= 0.3 is 11.9 Å². The predicted molar refractivity (Wildman–Crippen MR) is 93.6 cm³/mol. The van der Waals surface area contributed by atoms with E-state index < -0.39 is 17.5 Å². The molecule has 2 aromatic carbocycles. The lowest BCUT2D eigenvalue weighted by Crippen LogP contribution is -2.14. The fraction of sp³-hybridized carbons (Fsp3) is 0.211. The SMILES string of the molecule is Cc1c(C)c(C(=O)c2ccc(C(=O)O)c(C(=O)O)c2)c(C)c(C)c1N. The van der Waals surface area contributed by atoms with Crippen LogP contribution in [-0.4, -0.2) is 27.9 Å². The highest BCUT2D eigenvalue weighted by atomic mass is 16.4. The number of nitrogens with two attached hydrogens (primary N) is 1. The zero-order valence-corrected chi connectivity index (χ0v) is 14.4. The van der Waals surface area contributed by atoms with Gasteiger partial charge in [0.2, 0.25) is 0 Å². The van der Waals surface area contributed by atoms with E-state index in [1.54, 1.807) is 13.8 Å². The summed E-state index contributed by atoms with van der Waals surface area (Å²) in [6.07, 6.45) is 0. The first-order valence-electron chi connectivity index (χ1n) is 7.59. The van der Waals surface area contributed by atoms with Gasteiger partial charge in [0.1, 0.15) is 0 Å². The van der Waals surface area contributed by atoms with Crippen LogP contribution in [0.1, 0.15) is 58.9 Å². The Morgan fingerprint density at radius 3 is 1.72 bits per heavy atom. The van der Waals surface area contributed by atoms with Crippen LogP contribution < -0.4 is 5.73 Å². The lowest BCUT2D eigenvalue weighted by atomic mass is 9.87. The molecule has 0 unspecified atom stereocenters. The number of hydrogen-bond acceptors (Lipinski definition) is 4. The summed E-state index contributed by atoms with van der Waals surface area (Å²) in [6.45, 7) is 7.22. The van der Waals surface area contributed by atoms with E-state index in [2.05, 4.69) is 0 Å². The minimum atomic E-state index is -1.40. The second-order valence-corrected chi connectivity index (χ2v) is 5.99. The maximum Gasteiger partial charge on any atom is 0.336 e. The largest absolute Gasteiger partial charge is 0.478 e. The maximum absolute atomic E-state index is 13.0. The number of carboxylic acid groups (broad SMARTS) is 2. The zero-order chi connectivity index (χ0) is 19.0. The molecule has 6 nitrogen and oxygen atoms in total. The molecule has 0 atom stereocenters. The molecule has 6 heteroatoms. The molecule has 25 heavy (non-hydrogen) atoms. The lowest BCUT2D eigenvalue weighted by molar-refractivity contribution is 0.0651. The molecule has 0 aliphatic rings. The van der Waals surface area contributed by atoms with E-state index in [1.807, 2.05) is 13.8 Å². The summed E-state index contributed by atoms with van der Waals surface area (Å²) in [7, 11) is 0. The molecule has 0 fully saturated rings. The van der Waals surface area contributed by atoms with E-state index in [1.165, 1.54) is 6.07 Å². The van der Waals surface area contributed by atoms with Crippen molar-refractivity contribution in [2.24, 2.45) is 0 Å². The Balaban J connectivity index is 2.70. The van der Waals surface area contributed by atoms with Crippen LogP contribution in [0, 0.1) is 27.7 Å².